The maximum atomic E-state index is 14.9. The molecule has 2 aromatic rings. The fourth-order valence-electron chi connectivity index (χ4n) is 7.92. The Morgan fingerprint density at radius 1 is 1.12 bits per heavy atom. The smallest absolute Gasteiger partial charge is 0.427 e. The van der Waals surface area contributed by atoms with Crippen LogP contribution >= 0.6 is 0 Å². The van der Waals surface area contributed by atoms with Crippen molar-refractivity contribution in [2.24, 2.45) is 17.8 Å². The molecule has 1 aromatic heterocycles. The van der Waals surface area contributed by atoms with E-state index in [4.69, 9.17) is 14.2 Å². The number of allylic oxidation sites excluding steroid dienone is 1. The third-order valence-electron chi connectivity index (χ3n) is 12.1. The van der Waals surface area contributed by atoms with Crippen LogP contribution in [0.3, 0.4) is 0 Å². The number of hydrogen-bond donors (Lipinski definition) is 3. The molecule has 2 aliphatic heterocycles. The Morgan fingerprint density at radius 3 is 2.49 bits per heavy atom. The molecule has 2 aliphatic carbocycles. The minimum absolute atomic E-state index is 0.0156. The van der Waals surface area contributed by atoms with E-state index in [1.165, 1.54) is 18.2 Å². The van der Waals surface area contributed by atoms with Crippen LogP contribution in [0, 0.1) is 17.8 Å². The zero-order chi connectivity index (χ0) is 43.1. The van der Waals surface area contributed by atoms with Crippen LogP contribution in [0.4, 0.5) is 22.4 Å². The molecule has 4 amide bonds. The van der Waals surface area contributed by atoms with Crippen molar-refractivity contribution in [2.75, 3.05) is 20.3 Å². The first-order chi connectivity index (χ1) is 27.7. The van der Waals surface area contributed by atoms with E-state index < -0.39 is 92.6 Å². The number of alkyl halides is 4. The zero-order valence-corrected chi connectivity index (χ0v) is 34.4. The van der Waals surface area contributed by atoms with Gasteiger partial charge in [0.2, 0.25) is 33.3 Å². The third-order valence-corrected chi connectivity index (χ3v) is 14.3. The third kappa shape index (κ3) is 8.94. The molecule has 6 rings (SSSR count). The number of nitrogens with zero attached hydrogens (tertiary/aromatic N) is 2. The molecule has 19 heteroatoms. The molecule has 4 aliphatic rings. The van der Waals surface area contributed by atoms with Crippen molar-refractivity contribution in [3.8, 4) is 11.6 Å². The summed E-state index contributed by atoms with van der Waals surface area (Å²) < 4.78 is 98.4. The van der Waals surface area contributed by atoms with E-state index in [1.807, 2.05) is 17.7 Å². The van der Waals surface area contributed by atoms with Crippen molar-refractivity contribution in [1.29, 1.82) is 0 Å². The summed E-state index contributed by atoms with van der Waals surface area (Å²) in [6.45, 7) is 3.64. The lowest BCUT2D eigenvalue weighted by atomic mass is 9.85. The number of carbonyl (C=O) groups excluding carboxylic acids is 4. The van der Waals surface area contributed by atoms with Gasteiger partial charge in [-0.3, -0.25) is 19.1 Å². The lowest BCUT2D eigenvalue weighted by Gasteiger charge is -2.35. The molecule has 1 unspecified atom stereocenters. The van der Waals surface area contributed by atoms with Gasteiger partial charge in [0.05, 0.1) is 13.7 Å². The van der Waals surface area contributed by atoms with Gasteiger partial charge in [0.1, 0.15) is 40.9 Å². The van der Waals surface area contributed by atoms with Gasteiger partial charge < -0.3 is 29.7 Å². The van der Waals surface area contributed by atoms with Gasteiger partial charge in [-0.2, -0.15) is 13.2 Å². The summed E-state index contributed by atoms with van der Waals surface area (Å²) in [4.78, 5) is 62.1. The van der Waals surface area contributed by atoms with E-state index in [1.54, 1.807) is 37.3 Å². The van der Waals surface area contributed by atoms with Gasteiger partial charge in [-0.1, -0.05) is 32.4 Å². The predicted molar refractivity (Wildman–Crippen MR) is 206 cm³/mol. The van der Waals surface area contributed by atoms with Gasteiger partial charge in [-0.05, 0) is 93.9 Å². The van der Waals surface area contributed by atoms with Crippen LogP contribution in [0.15, 0.2) is 42.6 Å². The fraction of sp³-hybridized carbons (Fsp3) is 0.625. The molecule has 14 nitrogen and oxygen atoms in total. The van der Waals surface area contributed by atoms with Crippen molar-refractivity contribution in [3.63, 3.8) is 0 Å². The average Bonchev–Trinajstić information content (AvgIpc) is 4.08. The fourth-order valence-corrected chi connectivity index (χ4v) is 9.35. The summed E-state index contributed by atoms with van der Waals surface area (Å²) in [5.41, 5.74) is -4.67. The molecular weight excluding hydrogens is 803 g/mol. The summed E-state index contributed by atoms with van der Waals surface area (Å²) >= 11 is 0. The number of sulfonamides is 1. The van der Waals surface area contributed by atoms with E-state index in [9.17, 15) is 45.2 Å². The molecule has 1 aromatic carbocycles. The van der Waals surface area contributed by atoms with Crippen molar-refractivity contribution in [2.45, 2.75) is 119 Å². The van der Waals surface area contributed by atoms with E-state index >= 15 is 0 Å². The number of carbonyl (C=O) groups is 4. The van der Waals surface area contributed by atoms with Gasteiger partial charge in [0.15, 0.2) is 0 Å². The lowest BCUT2D eigenvalue weighted by Crippen LogP contribution is -2.60. The van der Waals surface area contributed by atoms with Gasteiger partial charge in [-0.15, -0.1) is 0 Å². The van der Waals surface area contributed by atoms with Crippen molar-refractivity contribution in [3.05, 3.63) is 42.6 Å². The Balaban J connectivity index is 1.37. The minimum Gasteiger partial charge on any atom is -0.497 e. The lowest BCUT2D eigenvalue weighted by molar-refractivity contribution is -0.244. The second kappa shape index (κ2) is 16.4. The maximum absolute atomic E-state index is 14.9. The Hall–Kier alpha value is -4.68. The Labute approximate surface area is 340 Å². The van der Waals surface area contributed by atoms with Gasteiger partial charge in [0.25, 0.3) is 5.91 Å². The number of aromatic nitrogens is 1. The van der Waals surface area contributed by atoms with E-state index in [0.717, 1.165) is 5.39 Å². The molecule has 3 N–H and O–H groups in total. The van der Waals surface area contributed by atoms with Crippen LogP contribution in [0.1, 0.15) is 79.1 Å². The van der Waals surface area contributed by atoms with Crippen LogP contribution in [-0.2, 0) is 29.1 Å². The molecule has 324 valence electrons. The molecule has 7 atom stereocenters. The van der Waals surface area contributed by atoms with E-state index in [-0.39, 0.29) is 44.0 Å². The van der Waals surface area contributed by atoms with Gasteiger partial charge in [-0.25, -0.2) is 22.6 Å². The molecule has 1 saturated heterocycles. The highest BCUT2D eigenvalue weighted by Gasteiger charge is 2.64. The van der Waals surface area contributed by atoms with Crippen molar-refractivity contribution < 1.29 is 59.4 Å². The number of methoxy groups -OCH3 is 1. The highest BCUT2D eigenvalue weighted by atomic mass is 32.2. The number of alkyl carbamates (subject to hydrolysis) is 1. The number of benzene rings is 1. The van der Waals surface area contributed by atoms with Crippen LogP contribution in [0.2, 0.25) is 0 Å². The van der Waals surface area contributed by atoms with Crippen LogP contribution in [0.25, 0.3) is 10.8 Å². The van der Waals surface area contributed by atoms with Crippen LogP contribution in [0.5, 0.6) is 11.6 Å². The molecule has 59 heavy (non-hydrogen) atoms. The first-order valence-corrected chi connectivity index (χ1v) is 21.3. The number of nitrogens with one attached hydrogen (secondary N) is 3. The normalized spacial score (nSPS) is 28.6. The van der Waals surface area contributed by atoms with E-state index in [0.29, 0.717) is 50.7 Å². The number of pyridine rings is 1. The minimum atomic E-state index is -4.93. The predicted octanol–water partition coefficient (Wildman–Crippen LogP) is 5.25. The summed E-state index contributed by atoms with van der Waals surface area (Å²) in [6, 6.07) is 4.12. The Kier molecular flexibility index (Phi) is 12.2. The first-order valence-electron chi connectivity index (χ1n) is 19.8. The van der Waals surface area contributed by atoms with Crippen LogP contribution < -0.4 is 24.8 Å². The second-order valence-corrected chi connectivity index (χ2v) is 18.8. The monoisotopic (exact) mass is 853 g/mol. The number of ether oxygens (including phenoxy) is 3. The standard InChI is InChI=1S/C40H51F4N5O9S/c1-6-24-17-23(2)9-7-8-10-26-20-39(26,35(52)48-59(54,55)38(22-41)14-15-38)47-32(50)30-19-28(57-33-29-12-11-27(56-5)18-25(29)13-16-45-33)21-49(30)34(51)31(24)46-36(53)58-37(3,4)40(42,43)44/h8,10-13,16,18,23-24,26,28,30-31H,6-7,9,14-15,17,19-22H2,1-5H3,(H,46,53)(H,47,50)(H,48,52)/t23-,24-,26-,28-,30?,31+,39-/m1/s1. The number of hydrogen-bond acceptors (Lipinski definition) is 10. The number of amides is 4. The largest absolute Gasteiger partial charge is 0.497 e. The molecule has 2 saturated carbocycles. The first kappa shape index (κ1) is 43.9. The number of fused-ring (bicyclic) bond motifs is 3. The molecule has 3 heterocycles. The molecule has 0 spiro atoms. The van der Waals surface area contributed by atoms with Gasteiger partial charge in [0, 0.05) is 23.9 Å². The maximum Gasteiger partial charge on any atom is 0.427 e. The highest BCUT2D eigenvalue weighted by Crippen LogP contribution is 2.48. The van der Waals surface area contributed by atoms with Crippen molar-refractivity contribution in [1.82, 2.24) is 25.2 Å². The molecule has 0 bridgehead atoms. The van der Waals surface area contributed by atoms with Crippen LogP contribution in [-0.4, -0.2) is 103 Å². The summed E-state index contributed by atoms with van der Waals surface area (Å²) in [5, 5.41) is 6.45. The average molecular weight is 854 g/mol. The second-order valence-electron chi connectivity index (χ2n) is 16.7. The topological polar surface area (TPSA) is 182 Å². The highest BCUT2D eigenvalue weighted by molar-refractivity contribution is 7.91. The summed E-state index contributed by atoms with van der Waals surface area (Å²) in [7, 11) is -2.95. The Morgan fingerprint density at radius 2 is 1.85 bits per heavy atom. The van der Waals surface area contributed by atoms with Crippen molar-refractivity contribution >= 4 is 44.6 Å². The molecule has 3 fully saturated rings. The molecular formula is C40H51F4N5O9S. The Bertz CT molecular complexity index is 2100. The number of rotatable bonds is 10. The molecule has 0 radical (unpaired) electrons. The summed E-state index contributed by atoms with van der Waals surface area (Å²) in [6.07, 6.45) is -0.585. The summed E-state index contributed by atoms with van der Waals surface area (Å²) in [5.74, 6) is -3.25. The quantitative estimate of drug-likeness (QED) is 0.211. The van der Waals surface area contributed by atoms with Gasteiger partial charge >= 0.3 is 12.3 Å². The number of halogens is 4. The van der Waals surface area contributed by atoms with E-state index in [2.05, 4.69) is 15.6 Å². The SMILES string of the molecule is CC[C@@H]1C[C@H](C)CCC=C[C@@H]2C[C@@]2(C(=O)NS(=O)(=O)C2(CF)CC2)NC(=O)C2C[C@@H](Oc3nccc4cc(OC)ccc34)CN2C(=O)[C@H]1NC(=O)OC(C)(C)C(F)(F)F. The zero-order valence-electron chi connectivity index (χ0n) is 33.6.